The monoisotopic (exact) mass is 159 g/mol. The Hall–Kier alpha value is -1.06. The van der Waals surface area contributed by atoms with E-state index in [-0.39, 0.29) is 5.91 Å². The van der Waals surface area contributed by atoms with E-state index in [1.165, 1.54) is 4.90 Å². The van der Waals surface area contributed by atoms with Gasteiger partial charge in [0.25, 0.3) is 0 Å². The molecule has 64 valence electrons. The van der Waals surface area contributed by atoms with Crippen LogP contribution >= 0.6 is 0 Å². The third kappa shape index (κ3) is 2.57. The Bertz CT molecular complexity index is 165. The molecule has 0 spiro atoms. The van der Waals surface area contributed by atoms with Crippen molar-refractivity contribution in [2.75, 3.05) is 14.1 Å². The van der Waals surface area contributed by atoms with Gasteiger partial charge in [0.15, 0.2) is 0 Å². The Kier molecular flexibility index (Phi) is 3.57. The van der Waals surface area contributed by atoms with Crippen molar-refractivity contribution in [1.29, 1.82) is 0 Å². The second-order valence-corrected chi connectivity index (χ2v) is 2.53. The van der Waals surface area contributed by atoms with E-state index in [4.69, 9.17) is 5.11 Å². The lowest BCUT2D eigenvalue weighted by Gasteiger charge is -2.14. The van der Waals surface area contributed by atoms with E-state index in [2.05, 4.69) is 0 Å². The molecule has 0 aromatic carbocycles. The molecule has 0 bridgehead atoms. The number of carbonyl (C=O) groups is 2. The van der Waals surface area contributed by atoms with Gasteiger partial charge in [0.1, 0.15) is 5.92 Å². The van der Waals surface area contributed by atoms with Crippen LogP contribution in [-0.2, 0) is 9.59 Å². The first kappa shape index (κ1) is 9.94. The molecule has 0 saturated carbocycles. The molecule has 0 aromatic rings. The Morgan fingerprint density at radius 1 is 1.45 bits per heavy atom. The van der Waals surface area contributed by atoms with Gasteiger partial charge in [-0.05, 0) is 6.42 Å². The molecule has 4 nitrogen and oxygen atoms in total. The van der Waals surface area contributed by atoms with E-state index in [1.807, 2.05) is 0 Å². The van der Waals surface area contributed by atoms with Crippen LogP contribution in [0.2, 0.25) is 0 Å². The van der Waals surface area contributed by atoms with Crippen LogP contribution in [0.1, 0.15) is 13.3 Å². The minimum atomic E-state index is -1.05. The van der Waals surface area contributed by atoms with Crippen molar-refractivity contribution in [3.63, 3.8) is 0 Å². The zero-order valence-corrected chi connectivity index (χ0v) is 7.00. The molecular weight excluding hydrogens is 146 g/mol. The van der Waals surface area contributed by atoms with Gasteiger partial charge in [-0.2, -0.15) is 0 Å². The molecule has 0 aliphatic carbocycles. The predicted molar refractivity (Wildman–Crippen MR) is 40.1 cm³/mol. The van der Waals surface area contributed by atoms with E-state index >= 15 is 0 Å². The van der Waals surface area contributed by atoms with Gasteiger partial charge in [-0.15, -0.1) is 0 Å². The first-order chi connectivity index (χ1) is 5.00. The number of rotatable bonds is 3. The molecule has 1 amide bonds. The van der Waals surface area contributed by atoms with Crippen molar-refractivity contribution in [3.05, 3.63) is 0 Å². The highest BCUT2D eigenvalue weighted by atomic mass is 16.4. The lowest BCUT2D eigenvalue weighted by molar-refractivity contribution is -0.150. The lowest BCUT2D eigenvalue weighted by atomic mass is 10.1. The highest BCUT2D eigenvalue weighted by Crippen LogP contribution is 2.05. The average molecular weight is 159 g/mol. The topological polar surface area (TPSA) is 57.6 Å². The maximum absolute atomic E-state index is 11.1. The Morgan fingerprint density at radius 3 is 2.00 bits per heavy atom. The molecule has 1 unspecified atom stereocenters. The Labute approximate surface area is 65.8 Å². The van der Waals surface area contributed by atoms with Crippen LogP contribution in [0, 0.1) is 5.92 Å². The number of aliphatic carboxylic acids is 1. The quantitative estimate of drug-likeness (QED) is 0.598. The van der Waals surface area contributed by atoms with E-state index in [9.17, 15) is 9.59 Å². The van der Waals surface area contributed by atoms with Crippen molar-refractivity contribution >= 4 is 11.9 Å². The van der Waals surface area contributed by atoms with Crippen molar-refractivity contribution in [2.24, 2.45) is 5.92 Å². The van der Waals surface area contributed by atoms with Crippen molar-refractivity contribution in [2.45, 2.75) is 13.3 Å². The van der Waals surface area contributed by atoms with E-state index in [1.54, 1.807) is 21.0 Å². The molecule has 0 aliphatic heterocycles. The van der Waals surface area contributed by atoms with E-state index < -0.39 is 11.9 Å². The van der Waals surface area contributed by atoms with E-state index in [0.29, 0.717) is 6.42 Å². The number of nitrogens with zero attached hydrogens (tertiary/aromatic N) is 1. The highest BCUT2D eigenvalue weighted by Gasteiger charge is 2.24. The van der Waals surface area contributed by atoms with Gasteiger partial charge in [0, 0.05) is 14.1 Å². The standard InChI is InChI=1S/C7H13NO3/c1-4-5(7(10)11)6(9)8(2)3/h5H,4H2,1-3H3,(H,10,11). The summed E-state index contributed by atoms with van der Waals surface area (Å²) >= 11 is 0. The average Bonchev–Trinajstić information content (AvgIpc) is 1.88. The van der Waals surface area contributed by atoms with Gasteiger partial charge >= 0.3 is 5.97 Å². The van der Waals surface area contributed by atoms with Crippen LogP contribution in [0.5, 0.6) is 0 Å². The Morgan fingerprint density at radius 2 is 1.91 bits per heavy atom. The van der Waals surface area contributed by atoms with Crippen LogP contribution in [0.4, 0.5) is 0 Å². The third-order valence-electron chi connectivity index (χ3n) is 1.45. The number of carboxylic acids is 1. The summed E-state index contributed by atoms with van der Waals surface area (Å²) in [6, 6.07) is 0. The van der Waals surface area contributed by atoms with Gasteiger partial charge in [-0.3, -0.25) is 9.59 Å². The molecule has 11 heavy (non-hydrogen) atoms. The molecule has 4 heteroatoms. The lowest BCUT2D eigenvalue weighted by Crippen LogP contribution is -2.33. The van der Waals surface area contributed by atoms with E-state index in [0.717, 1.165) is 0 Å². The van der Waals surface area contributed by atoms with Gasteiger partial charge in [-0.1, -0.05) is 6.92 Å². The molecule has 0 fully saturated rings. The summed E-state index contributed by atoms with van der Waals surface area (Å²) in [7, 11) is 3.10. The highest BCUT2D eigenvalue weighted by molar-refractivity contribution is 5.96. The molecule has 0 radical (unpaired) electrons. The smallest absolute Gasteiger partial charge is 0.316 e. The minimum absolute atomic E-state index is 0.340. The predicted octanol–water partition coefficient (Wildman–Crippen LogP) is 0.185. The second kappa shape index (κ2) is 3.95. The van der Waals surface area contributed by atoms with Crippen LogP contribution in [0.15, 0.2) is 0 Å². The molecule has 0 aliphatic rings. The fourth-order valence-electron chi connectivity index (χ4n) is 0.767. The number of hydrogen-bond acceptors (Lipinski definition) is 2. The van der Waals surface area contributed by atoms with Crippen molar-refractivity contribution in [1.82, 2.24) is 4.90 Å². The van der Waals surface area contributed by atoms with Crippen LogP contribution < -0.4 is 0 Å². The van der Waals surface area contributed by atoms with Gasteiger partial charge in [0.05, 0.1) is 0 Å². The number of carbonyl (C=O) groups excluding carboxylic acids is 1. The molecule has 0 saturated heterocycles. The molecule has 0 heterocycles. The maximum Gasteiger partial charge on any atom is 0.316 e. The SMILES string of the molecule is CCC(C(=O)O)C(=O)N(C)C. The summed E-state index contributed by atoms with van der Waals surface area (Å²) in [5.74, 6) is -2.28. The van der Waals surface area contributed by atoms with Crippen LogP contribution in [-0.4, -0.2) is 36.0 Å². The molecular formula is C7H13NO3. The van der Waals surface area contributed by atoms with Gasteiger partial charge < -0.3 is 10.0 Å². The zero-order chi connectivity index (χ0) is 9.02. The number of hydrogen-bond donors (Lipinski definition) is 1. The summed E-state index contributed by atoms with van der Waals surface area (Å²) < 4.78 is 0. The fraction of sp³-hybridized carbons (Fsp3) is 0.714. The van der Waals surface area contributed by atoms with Gasteiger partial charge in [-0.25, -0.2) is 0 Å². The van der Waals surface area contributed by atoms with Crippen molar-refractivity contribution < 1.29 is 14.7 Å². The summed E-state index contributed by atoms with van der Waals surface area (Å²) in [6.45, 7) is 1.68. The van der Waals surface area contributed by atoms with Gasteiger partial charge in [0.2, 0.25) is 5.91 Å². The zero-order valence-electron chi connectivity index (χ0n) is 7.00. The van der Waals surface area contributed by atoms with Crippen LogP contribution in [0.3, 0.4) is 0 Å². The number of amides is 1. The summed E-state index contributed by atoms with van der Waals surface area (Å²) in [5, 5.41) is 8.55. The first-order valence-corrected chi connectivity index (χ1v) is 3.44. The molecule has 1 atom stereocenters. The summed E-state index contributed by atoms with van der Waals surface area (Å²) in [6.07, 6.45) is 0.340. The number of carboxylic acid groups (broad SMARTS) is 1. The fourth-order valence-corrected chi connectivity index (χ4v) is 0.767. The Balaban J connectivity index is 4.27. The van der Waals surface area contributed by atoms with Crippen molar-refractivity contribution in [3.8, 4) is 0 Å². The second-order valence-electron chi connectivity index (χ2n) is 2.53. The maximum atomic E-state index is 11.1. The summed E-state index contributed by atoms with van der Waals surface area (Å²) in [4.78, 5) is 22.8. The first-order valence-electron chi connectivity index (χ1n) is 3.44. The normalized spacial score (nSPS) is 12.3. The molecule has 0 aromatic heterocycles. The summed E-state index contributed by atoms with van der Waals surface area (Å²) in [5.41, 5.74) is 0. The molecule has 0 rings (SSSR count). The minimum Gasteiger partial charge on any atom is -0.481 e. The van der Waals surface area contributed by atoms with Crippen LogP contribution in [0.25, 0.3) is 0 Å². The molecule has 1 N–H and O–H groups in total. The third-order valence-corrected chi connectivity index (χ3v) is 1.45. The largest absolute Gasteiger partial charge is 0.481 e.